The minimum absolute atomic E-state index is 0.217. The molecular formula is C15H18N2O3S. The van der Waals surface area contributed by atoms with Gasteiger partial charge in [0.2, 0.25) is 0 Å². The number of thiazole rings is 1. The molecule has 0 radical (unpaired) electrons. The minimum Gasteiger partial charge on any atom is -0.497 e. The van der Waals surface area contributed by atoms with Crippen molar-refractivity contribution < 1.29 is 14.3 Å². The maximum atomic E-state index is 11.4. The molecule has 112 valence electrons. The number of nitrogens with zero attached hydrogens (tertiary/aromatic N) is 1. The van der Waals surface area contributed by atoms with Crippen LogP contribution in [0.2, 0.25) is 0 Å². The maximum Gasteiger partial charge on any atom is 0.311 e. The number of methoxy groups -OCH3 is 1. The van der Waals surface area contributed by atoms with Gasteiger partial charge < -0.3 is 14.8 Å². The molecule has 0 atom stereocenters. The molecule has 1 aromatic carbocycles. The van der Waals surface area contributed by atoms with Crippen molar-refractivity contribution in [2.75, 3.05) is 19.0 Å². The molecule has 1 heterocycles. The number of esters is 1. The lowest BCUT2D eigenvalue weighted by molar-refractivity contribution is -0.142. The van der Waals surface area contributed by atoms with Gasteiger partial charge in [0.05, 0.1) is 25.8 Å². The van der Waals surface area contributed by atoms with Crippen molar-refractivity contribution in [3.05, 3.63) is 40.9 Å². The standard InChI is InChI=1S/C15H18N2O3S/c1-3-20-14(18)8-12-10-21-15(17-12)16-9-11-4-6-13(19-2)7-5-11/h4-7,10H,3,8-9H2,1-2H3,(H,16,17). The fourth-order valence-corrected chi connectivity index (χ4v) is 2.46. The second-order valence-corrected chi connectivity index (χ2v) is 5.19. The summed E-state index contributed by atoms with van der Waals surface area (Å²) in [6.07, 6.45) is 0.217. The molecule has 1 aromatic heterocycles. The lowest BCUT2D eigenvalue weighted by Crippen LogP contribution is -2.07. The van der Waals surface area contributed by atoms with Gasteiger partial charge in [-0.15, -0.1) is 11.3 Å². The van der Waals surface area contributed by atoms with E-state index in [1.54, 1.807) is 14.0 Å². The van der Waals surface area contributed by atoms with Gasteiger partial charge in [-0.05, 0) is 24.6 Å². The molecule has 6 heteroatoms. The van der Waals surface area contributed by atoms with Gasteiger partial charge in [-0.25, -0.2) is 4.98 Å². The maximum absolute atomic E-state index is 11.4. The number of ether oxygens (including phenoxy) is 2. The van der Waals surface area contributed by atoms with Crippen LogP contribution in [0.25, 0.3) is 0 Å². The lowest BCUT2D eigenvalue weighted by Gasteiger charge is -2.04. The predicted octanol–water partition coefficient (Wildman–Crippen LogP) is 2.87. The number of hydrogen-bond acceptors (Lipinski definition) is 6. The van der Waals surface area contributed by atoms with Crippen molar-refractivity contribution in [1.82, 2.24) is 4.98 Å². The Bertz CT molecular complexity index is 581. The Morgan fingerprint density at radius 2 is 2.10 bits per heavy atom. The van der Waals surface area contributed by atoms with Gasteiger partial charge in [0, 0.05) is 11.9 Å². The normalized spacial score (nSPS) is 10.2. The largest absolute Gasteiger partial charge is 0.497 e. The first-order chi connectivity index (χ1) is 10.2. The molecule has 0 aliphatic carbocycles. The van der Waals surface area contributed by atoms with Crippen molar-refractivity contribution in [2.24, 2.45) is 0 Å². The molecular weight excluding hydrogens is 288 g/mol. The molecule has 1 N–H and O–H groups in total. The van der Waals surface area contributed by atoms with Gasteiger partial charge in [-0.3, -0.25) is 4.79 Å². The first-order valence-corrected chi connectivity index (χ1v) is 7.56. The molecule has 0 unspecified atom stereocenters. The fraction of sp³-hybridized carbons (Fsp3) is 0.333. The number of anilines is 1. The highest BCUT2D eigenvalue weighted by molar-refractivity contribution is 7.13. The molecule has 5 nitrogen and oxygen atoms in total. The highest BCUT2D eigenvalue weighted by atomic mass is 32.1. The van der Waals surface area contributed by atoms with E-state index < -0.39 is 0 Å². The van der Waals surface area contributed by atoms with Crippen LogP contribution in [-0.4, -0.2) is 24.7 Å². The second kappa shape index (κ2) is 7.64. The van der Waals surface area contributed by atoms with E-state index in [2.05, 4.69) is 10.3 Å². The predicted molar refractivity (Wildman–Crippen MR) is 82.8 cm³/mol. The molecule has 2 rings (SSSR count). The molecule has 0 saturated heterocycles. The number of benzene rings is 1. The molecule has 0 spiro atoms. The number of nitrogens with one attached hydrogen (secondary N) is 1. The van der Waals surface area contributed by atoms with Gasteiger partial charge >= 0.3 is 5.97 Å². The van der Waals surface area contributed by atoms with Crippen molar-refractivity contribution >= 4 is 22.4 Å². The summed E-state index contributed by atoms with van der Waals surface area (Å²) < 4.78 is 10.0. The van der Waals surface area contributed by atoms with Gasteiger partial charge in [0.1, 0.15) is 5.75 Å². The Morgan fingerprint density at radius 1 is 1.33 bits per heavy atom. The third-order valence-corrected chi connectivity index (χ3v) is 3.63. The number of rotatable bonds is 7. The Morgan fingerprint density at radius 3 is 2.76 bits per heavy atom. The minimum atomic E-state index is -0.246. The van der Waals surface area contributed by atoms with E-state index in [9.17, 15) is 4.79 Å². The number of carbonyl (C=O) groups excluding carboxylic acids is 1. The molecule has 0 aliphatic rings. The van der Waals surface area contributed by atoms with Gasteiger partial charge in [0.25, 0.3) is 0 Å². The third kappa shape index (κ3) is 4.75. The van der Waals surface area contributed by atoms with Crippen LogP contribution in [-0.2, 0) is 22.5 Å². The lowest BCUT2D eigenvalue weighted by atomic mass is 10.2. The molecule has 0 saturated carbocycles. The Hall–Kier alpha value is -2.08. The van der Waals surface area contributed by atoms with E-state index in [0.29, 0.717) is 13.2 Å². The number of carbonyl (C=O) groups is 1. The zero-order valence-corrected chi connectivity index (χ0v) is 12.9. The molecule has 21 heavy (non-hydrogen) atoms. The van der Waals surface area contributed by atoms with Gasteiger partial charge in [-0.2, -0.15) is 0 Å². The Labute approximate surface area is 127 Å². The van der Waals surface area contributed by atoms with Crippen LogP contribution in [0.3, 0.4) is 0 Å². The van der Waals surface area contributed by atoms with E-state index in [4.69, 9.17) is 9.47 Å². The Balaban J connectivity index is 1.85. The van der Waals surface area contributed by atoms with Crippen molar-refractivity contribution in [3.63, 3.8) is 0 Å². The summed E-state index contributed by atoms with van der Waals surface area (Å²) in [5.74, 6) is 0.592. The van der Waals surface area contributed by atoms with Crippen molar-refractivity contribution in [1.29, 1.82) is 0 Å². The summed E-state index contributed by atoms with van der Waals surface area (Å²) in [5, 5.41) is 5.90. The number of hydrogen-bond donors (Lipinski definition) is 1. The second-order valence-electron chi connectivity index (χ2n) is 4.33. The summed E-state index contributed by atoms with van der Waals surface area (Å²) >= 11 is 1.48. The molecule has 0 aliphatic heterocycles. The van der Waals surface area contributed by atoms with Crippen LogP contribution in [0.5, 0.6) is 5.75 Å². The van der Waals surface area contributed by atoms with E-state index in [1.807, 2.05) is 29.6 Å². The summed E-state index contributed by atoms with van der Waals surface area (Å²) in [6.45, 7) is 2.86. The summed E-state index contributed by atoms with van der Waals surface area (Å²) in [7, 11) is 1.65. The quantitative estimate of drug-likeness (QED) is 0.797. The van der Waals surface area contributed by atoms with Crippen molar-refractivity contribution in [2.45, 2.75) is 19.9 Å². The molecule has 2 aromatic rings. The SMILES string of the molecule is CCOC(=O)Cc1csc(NCc2ccc(OC)cc2)n1. The number of aromatic nitrogens is 1. The molecule has 0 amide bonds. The van der Waals surface area contributed by atoms with E-state index in [-0.39, 0.29) is 12.4 Å². The average Bonchev–Trinajstić information content (AvgIpc) is 2.93. The van der Waals surface area contributed by atoms with Crippen LogP contribution in [0.15, 0.2) is 29.6 Å². The monoisotopic (exact) mass is 306 g/mol. The first kappa shape index (κ1) is 15.3. The van der Waals surface area contributed by atoms with Crippen LogP contribution in [0.1, 0.15) is 18.2 Å². The van der Waals surface area contributed by atoms with E-state index >= 15 is 0 Å². The van der Waals surface area contributed by atoms with Crippen LogP contribution in [0, 0.1) is 0 Å². The Kier molecular flexibility index (Phi) is 5.57. The summed E-state index contributed by atoms with van der Waals surface area (Å²) in [4.78, 5) is 15.7. The van der Waals surface area contributed by atoms with Crippen LogP contribution < -0.4 is 10.1 Å². The smallest absolute Gasteiger partial charge is 0.311 e. The third-order valence-electron chi connectivity index (χ3n) is 2.79. The van der Waals surface area contributed by atoms with Gasteiger partial charge in [0.15, 0.2) is 5.13 Å². The highest BCUT2D eigenvalue weighted by Crippen LogP contribution is 2.18. The first-order valence-electron chi connectivity index (χ1n) is 6.68. The summed E-state index contributed by atoms with van der Waals surface area (Å²) in [6, 6.07) is 7.84. The van der Waals surface area contributed by atoms with E-state index in [1.165, 1.54) is 11.3 Å². The average molecular weight is 306 g/mol. The summed E-state index contributed by atoms with van der Waals surface area (Å²) in [5.41, 5.74) is 1.87. The van der Waals surface area contributed by atoms with Crippen molar-refractivity contribution in [3.8, 4) is 5.75 Å². The molecule has 0 bridgehead atoms. The fourth-order valence-electron chi connectivity index (χ4n) is 1.75. The van der Waals surface area contributed by atoms with Crippen LogP contribution >= 0.6 is 11.3 Å². The zero-order valence-electron chi connectivity index (χ0n) is 12.1. The zero-order chi connectivity index (χ0) is 15.1. The van der Waals surface area contributed by atoms with E-state index in [0.717, 1.165) is 22.1 Å². The van der Waals surface area contributed by atoms with Crippen LogP contribution in [0.4, 0.5) is 5.13 Å². The highest BCUT2D eigenvalue weighted by Gasteiger charge is 2.08. The topological polar surface area (TPSA) is 60.5 Å². The van der Waals surface area contributed by atoms with Gasteiger partial charge in [-0.1, -0.05) is 12.1 Å². The molecule has 0 fully saturated rings.